The van der Waals surface area contributed by atoms with Crippen LogP contribution in [-0.4, -0.2) is 54.1 Å². The molecule has 0 aliphatic carbocycles. The average Bonchev–Trinajstić information content (AvgIpc) is 3.25. The highest BCUT2D eigenvalue weighted by atomic mass is 16.5. The van der Waals surface area contributed by atoms with E-state index >= 15 is 0 Å². The Morgan fingerprint density at radius 1 is 1.06 bits per heavy atom. The van der Waals surface area contributed by atoms with Gasteiger partial charge in [-0.15, -0.1) is 0 Å². The summed E-state index contributed by atoms with van der Waals surface area (Å²) in [7, 11) is 0. The lowest BCUT2D eigenvalue weighted by Gasteiger charge is -2.42. The smallest absolute Gasteiger partial charge is 0.337 e. The van der Waals surface area contributed by atoms with Gasteiger partial charge in [-0.2, -0.15) is 0 Å². The number of ether oxygens (including phenoxy) is 1. The fourth-order valence-electron chi connectivity index (χ4n) is 5.61. The van der Waals surface area contributed by atoms with E-state index in [0.29, 0.717) is 25.2 Å². The van der Waals surface area contributed by atoms with E-state index in [1.165, 1.54) is 44.9 Å². The van der Waals surface area contributed by atoms with Crippen LogP contribution in [0.4, 0.5) is 0 Å². The monoisotopic (exact) mass is 488 g/mol. The molecular formula is C27H48N6O2. The Kier molecular flexibility index (Phi) is 11.2. The second-order valence-corrected chi connectivity index (χ2v) is 10.3. The van der Waals surface area contributed by atoms with Gasteiger partial charge in [0.05, 0.1) is 24.3 Å². The van der Waals surface area contributed by atoms with Crippen LogP contribution in [0.2, 0.25) is 0 Å². The van der Waals surface area contributed by atoms with Crippen LogP contribution >= 0.6 is 0 Å². The molecule has 0 aromatic rings. The number of hydrogen-bond donors (Lipinski definition) is 3. The van der Waals surface area contributed by atoms with Gasteiger partial charge in [-0.1, -0.05) is 65.2 Å². The molecule has 5 N–H and O–H groups in total. The summed E-state index contributed by atoms with van der Waals surface area (Å²) in [6.45, 7) is 5.42. The maximum absolute atomic E-state index is 13.3. The summed E-state index contributed by atoms with van der Waals surface area (Å²) in [5, 5.41) is 3.68. The third kappa shape index (κ3) is 7.87. The fourth-order valence-corrected chi connectivity index (χ4v) is 5.61. The van der Waals surface area contributed by atoms with Crippen LogP contribution in [0, 0.1) is 0 Å². The predicted molar refractivity (Wildman–Crippen MR) is 143 cm³/mol. The molecule has 198 valence electrons. The van der Waals surface area contributed by atoms with E-state index in [1.807, 2.05) is 0 Å². The molecule has 3 rings (SSSR count). The average molecular weight is 489 g/mol. The van der Waals surface area contributed by atoms with Crippen LogP contribution in [0.1, 0.15) is 110 Å². The molecule has 0 saturated carbocycles. The van der Waals surface area contributed by atoms with Gasteiger partial charge in [-0.05, 0) is 44.9 Å². The lowest BCUT2D eigenvalue weighted by atomic mass is 9.95. The predicted octanol–water partition coefficient (Wildman–Crippen LogP) is 4.34. The lowest BCUT2D eigenvalue weighted by molar-refractivity contribution is -0.139. The zero-order chi connectivity index (χ0) is 25.0. The number of nitrogens with zero attached hydrogens (tertiary/aromatic N) is 3. The van der Waals surface area contributed by atoms with Gasteiger partial charge in [-0.25, -0.2) is 9.79 Å². The number of carbonyl (C=O) groups excluding carboxylic acids is 1. The van der Waals surface area contributed by atoms with Crippen molar-refractivity contribution in [3.05, 3.63) is 11.3 Å². The highest BCUT2D eigenvalue weighted by molar-refractivity contribution is 5.96. The van der Waals surface area contributed by atoms with Crippen LogP contribution < -0.4 is 16.8 Å². The molecule has 0 amide bonds. The lowest BCUT2D eigenvalue weighted by Crippen LogP contribution is -2.56. The van der Waals surface area contributed by atoms with Gasteiger partial charge in [0.15, 0.2) is 11.9 Å². The molecule has 0 aromatic heterocycles. The number of unbranched alkanes of at least 4 members (excludes halogenated alkanes) is 7. The molecule has 0 aromatic carbocycles. The standard InChI is InChI=1S/C27H48N6O2/c1-3-5-7-8-10-13-20-19-21-15-16-23-24(25(34)35-18-12-11-17-30-26(28)29)22(14-9-6-4-2)32-27(31-20)33(21)23/h20-22H,3-19H2,1-2H3,(H,31,32)(H4,28,29,30)/t20-,21?,22?/m0/s1. The maximum atomic E-state index is 13.3. The Morgan fingerprint density at radius 3 is 2.57 bits per heavy atom. The third-order valence-electron chi connectivity index (χ3n) is 7.45. The maximum Gasteiger partial charge on any atom is 0.337 e. The van der Waals surface area contributed by atoms with Crippen LogP contribution in [0.25, 0.3) is 0 Å². The van der Waals surface area contributed by atoms with Crippen molar-refractivity contribution in [3.63, 3.8) is 0 Å². The summed E-state index contributed by atoms with van der Waals surface area (Å²) in [5.74, 6) is 0.932. The first-order chi connectivity index (χ1) is 17.0. The summed E-state index contributed by atoms with van der Waals surface area (Å²) in [6, 6.07) is 0.835. The van der Waals surface area contributed by atoms with Gasteiger partial charge in [0.2, 0.25) is 0 Å². The minimum absolute atomic E-state index is 0.0113. The second-order valence-electron chi connectivity index (χ2n) is 10.3. The number of carbonyl (C=O) groups is 1. The van der Waals surface area contributed by atoms with Crippen molar-refractivity contribution in [1.82, 2.24) is 10.2 Å². The fraction of sp³-hybridized carbons (Fsp3) is 0.815. The zero-order valence-corrected chi connectivity index (χ0v) is 22.1. The zero-order valence-electron chi connectivity index (χ0n) is 22.1. The third-order valence-corrected chi connectivity index (χ3v) is 7.45. The van der Waals surface area contributed by atoms with Crippen molar-refractivity contribution in [1.29, 1.82) is 0 Å². The van der Waals surface area contributed by atoms with Crippen molar-refractivity contribution >= 4 is 17.9 Å². The van der Waals surface area contributed by atoms with E-state index < -0.39 is 0 Å². The second kappa shape index (κ2) is 14.3. The minimum Gasteiger partial charge on any atom is -0.462 e. The van der Waals surface area contributed by atoms with Crippen molar-refractivity contribution in [2.24, 2.45) is 21.5 Å². The Balaban J connectivity index is 1.66. The van der Waals surface area contributed by atoms with Gasteiger partial charge < -0.3 is 26.4 Å². The molecule has 1 saturated heterocycles. The SMILES string of the molecule is CCCCCCC[C@H]1CC2CCC3=C(C(=O)OCCCCN=C(N)N)C(CCCCC)NC(=N1)N32. The number of hydrogen-bond acceptors (Lipinski definition) is 6. The van der Waals surface area contributed by atoms with E-state index in [-0.39, 0.29) is 18.0 Å². The number of nitrogens with one attached hydrogen (secondary N) is 1. The van der Waals surface area contributed by atoms with E-state index in [2.05, 4.69) is 29.1 Å². The van der Waals surface area contributed by atoms with Crippen molar-refractivity contribution in [2.75, 3.05) is 13.2 Å². The quantitative estimate of drug-likeness (QED) is 0.129. The first-order valence-electron chi connectivity index (χ1n) is 14.1. The van der Waals surface area contributed by atoms with Crippen molar-refractivity contribution < 1.29 is 9.53 Å². The van der Waals surface area contributed by atoms with Crippen LogP contribution in [0.15, 0.2) is 21.3 Å². The molecule has 0 radical (unpaired) electrons. The summed E-state index contributed by atoms with van der Waals surface area (Å²) in [6.07, 6.45) is 16.7. The van der Waals surface area contributed by atoms with Gasteiger partial charge in [0.25, 0.3) is 0 Å². The molecule has 35 heavy (non-hydrogen) atoms. The highest BCUT2D eigenvalue weighted by Gasteiger charge is 2.45. The molecule has 2 unspecified atom stereocenters. The van der Waals surface area contributed by atoms with Crippen molar-refractivity contribution in [3.8, 4) is 0 Å². The van der Waals surface area contributed by atoms with Gasteiger partial charge in [0.1, 0.15) is 0 Å². The first kappa shape index (κ1) is 27.3. The molecule has 3 aliphatic heterocycles. The molecule has 3 heterocycles. The molecule has 1 fully saturated rings. The Hall–Kier alpha value is -2.25. The number of aliphatic imine (C=N–C) groups is 2. The molecule has 3 atom stereocenters. The molecule has 0 spiro atoms. The van der Waals surface area contributed by atoms with Crippen LogP contribution in [0.5, 0.6) is 0 Å². The summed E-state index contributed by atoms with van der Waals surface area (Å²) in [5.41, 5.74) is 12.7. The van der Waals surface area contributed by atoms with E-state index in [9.17, 15) is 4.79 Å². The van der Waals surface area contributed by atoms with Gasteiger partial charge in [0, 0.05) is 18.3 Å². The van der Waals surface area contributed by atoms with Crippen LogP contribution in [0.3, 0.4) is 0 Å². The number of guanidine groups is 2. The van der Waals surface area contributed by atoms with E-state index in [4.69, 9.17) is 21.2 Å². The van der Waals surface area contributed by atoms with Crippen molar-refractivity contribution in [2.45, 2.75) is 128 Å². The largest absolute Gasteiger partial charge is 0.462 e. The highest BCUT2D eigenvalue weighted by Crippen LogP contribution is 2.40. The molecule has 0 bridgehead atoms. The Labute approximate surface area is 212 Å². The summed E-state index contributed by atoms with van der Waals surface area (Å²) >= 11 is 0. The number of allylic oxidation sites excluding steroid dienone is 1. The first-order valence-corrected chi connectivity index (χ1v) is 14.1. The molecular weight excluding hydrogens is 440 g/mol. The molecule has 3 aliphatic rings. The number of esters is 1. The summed E-state index contributed by atoms with van der Waals surface area (Å²) < 4.78 is 5.75. The number of nitrogens with two attached hydrogens (primary N) is 2. The summed E-state index contributed by atoms with van der Waals surface area (Å²) in [4.78, 5) is 24.8. The minimum atomic E-state index is -0.173. The van der Waals surface area contributed by atoms with Gasteiger partial charge in [-0.3, -0.25) is 4.99 Å². The molecule has 8 heteroatoms. The molecule has 8 nitrogen and oxygen atoms in total. The Morgan fingerprint density at radius 2 is 1.80 bits per heavy atom. The van der Waals surface area contributed by atoms with Gasteiger partial charge >= 0.3 is 5.97 Å². The van der Waals surface area contributed by atoms with E-state index in [1.54, 1.807) is 0 Å². The Bertz CT molecular complexity index is 774. The topological polar surface area (TPSA) is 118 Å². The normalized spacial score (nSPS) is 23.0. The number of rotatable bonds is 16. The van der Waals surface area contributed by atoms with Crippen LogP contribution in [-0.2, 0) is 9.53 Å². The van der Waals surface area contributed by atoms with E-state index in [0.717, 1.165) is 68.6 Å².